The molecule has 2 rings (SSSR count). The van der Waals surface area contributed by atoms with Gasteiger partial charge in [0.25, 0.3) is 0 Å². The molecule has 22 heavy (non-hydrogen) atoms. The van der Waals surface area contributed by atoms with Gasteiger partial charge in [-0.25, -0.2) is 0 Å². The van der Waals surface area contributed by atoms with E-state index < -0.39 is 0 Å². The molecule has 2 aromatic carbocycles. The summed E-state index contributed by atoms with van der Waals surface area (Å²) in [5.74, 6) is 0.836. The first-order valence-electron chi connectivity index (χ1n) is 7.31. The summed E-state index contributed by atoms with van der Waals surface area (Å²) in [5.41, 5.74) is 3.49. The van der Waals surface area contributed by atoms with Crippen LogP contribution in [0.2, 0.25) is 0 Å². The number of rotatable bonds is 9. The third-order valence-corrected chi connectivity index (χ3v) is 3.57. The summed E-state index contributed by atoms with van der Waals surface area (Å²) < 4.78 is 10.5. The lowest BCUT2D eigenvalue weighted by molar-refractivity contribution is -0.107. The molecule has 0 aromatic heterocycles. The molecule has 0 bridgehead atoms. The summed E-state index contributed by atoms with van der Waals surface area (Å²) in [4.78, 5) is 10.4. The van der Waals surface area contributed by atoms with E-state index >= 15 is 0 Å². The van der Waals surface area contributed by atoms with E-state index in [0.29, 0.717) is 19.6 Å². The van der Waals surface area contributed by atoms with Crippen molar-refractivity contribution in [2.75, 3.05) is 6.61 Å². The second kappa shape index (κ2) is 9.28. The van der Waals surface area contributed by atoms with Gasteiger partial charge in [-0.2, -0.15) is 0 Å². The maximum absolute atomic E-state index is 10.4. The minimum absolute atomic E-state index is 0.539. The maximum Gasteiger partial charge on any atom is 0.120 e. The molecular weight excluding hydrogens is 296 g/mol. The molecule has 0 heterocycles. The SMILES string of the molecule is O=CCCc1ccc(OCc2ccc(CCOS)cc2)cc1. The highest BCUT2D eigenvalue weighted by Crippen LogP contribution is 2.15. The van der Waals surface area contributed by atoms with E-state index in [9.17, 15) is 4.79 Å². The number of aryl methyl sites for hydroxylation is 1. The number of carbonyl (C=O) groups is 1. The lowest BCUT2D eigenvalue weighted by Gasteiger charge is -2.08. The predicted octanol–water partition coefficient (Wildman–Crippen LogP) is 3.80. The average Bonchev–Trinajstić information content (AvgIpc) is 2.58. The van der Waals surface area contributed by atoms with Gasteiger partial charge in [0.15, 0.2) is 0 Å². The van der Waals surface area contributed by atoms with Crippen LogP contribution >= 0.6 is 12.9 Å². The Labute approximate surface area is 136 Å². The van der Waals surface area contributed by atoms with E-state index in [-0.39, 0.29) is 0 Å². The number of hydrogen-bond acceptors (Lipinski definition) is 4. The quantitative estimate of drug-likeness (QED) is 0.434. The van der Waals surface area contributed by atoms with Crippen LogP contribution in [-0.2, 0) is 28.4 Å². The monoisotopic (exact) mass is 316 g/mol. The first kappa shape index (κ1) is 16.6. The van der Waals surface area contributed by atoms with Gasteiger partial charge in [-0.1, -0.05) is 36.4 Å². The average molecular weight is 316 g/mol. The normalized spacial score (nSPS) is 10.4. The zero-order valence-corrected chi connectivity index (χ0v) is 13.3. The molecule has 0 fully saturated rings. The summed E-state index contributed by atoms with van der Waals surface area (Å²) >= 11 is 3.73. The summed E-state index contributed by atoms with van der Waals surface area (Å²) in [6.45, 7) is 1.15. The number of aldehydes is 1. The molecule has 0 N–H and O–H groups in total. The third-order valence-electron chi connectivity index (χ3n) is 3.38. The van der Waals surface area contributed by atoms with Gasteiger partial charge >= 0.3 is 0 Å². The molecule has 0 saturated heterocycles. The molecule has 0 aliphatic carbocycles. The predicted molar refractivity (Wildman–Crippen MR) is 90.2 cm³/mol. The molecule has 4 heteroatoms. The van der Waals surface area contributed by atoms with Gasteiger partial charge in [0, 0.05) is 6.42 Å². The van der Waals surface area contributed by atoms with Gasteiger partial charge in [0.2, 0.25) is 0 Å². The van der Waals surface area contributed by atoms with E-state index in [1.807, 2.05) is 24.3 Å². The minimum atomic E-state index is 0.539. The molecule has 0 aliphatic heterocycles. The van der Waals surface area contributed by atoms with Crippen molar-refractivity contribution in [1.82, 2.24) is 0 Å². The fourth-order valence-electron chi connectivity index (χ4n) is 2.11. The Morgan fingerprint density at radius 3 is 2.09 bits per heavy atom. The maximum atomic E-state index is 10.4. The van der Waals surface area contributed by atoms with Crippen molar-refractivity contribution in [1.29, 1.82) is 0 Å². The van der Waals surface area contributed by atoms with Crippen LogP contribution in [0.25, 0.3) is 0 Å². The smallest absolute Gasteiger partial charge is 0.120 e. The van der Waals surface area contributed by atoms with Crippen LogP contribution in [0.5, 0.6) is 5.75 Å². The van der Waals surface area contributed by atoms with Crippen LogP contribution in [0.1, 0.15) is 23.1 Å². The van der Waals surface area contributed by atoms with Crippen molar-refractivity contribution >= 4 is 19.2 Å². The van der Waals surface area contributed by atoms with Gasteiger partial charge < -0.3 is 13.7 Å². The Morgan fingerprint density at radius 2 is 1.45 bits per heavy atom. The molecule has 0 saturated carbocycles. The van der Waals surface area contributed by atoms with Crippen LogP contribution in [0.3, 0.4) is 0 Å². The van der Waals surface area contributed by atoms with Gasteiger partial charge in [-0.15, -0.1) is 0 Å². The summed E-state index contributed by atoms with van der Waals surface area (Å²) in [7, 11) is 0. The van der Waals surface area contributed by atoms with E-state index in [4.69, 9.17) is 8.92 Å². The van der Waals surface area contributed by atoms with Gasteiger partial charge in [0.1, 0.15) is 18.6 Å². The van der Waals surface area contributed by atoms with E-state index in [1.165, 1.54) is 5.56 Å². The summed E-state index contributed by atoms with van der Waals surface area (Å²) in [6, 6.07) is 16.2. The first-order chi connectivity index (χ1) is 10.8. The van der Waals surface area contributed by atoms with Crippen LogP contribution in [-0.4, -0.2) is 12.9 Å². The fraction of sp³-hybridized carbons (Fsp3) is 0.278. The first-order valence-corrected chi connectivity index (χ1v) is 7.68. The lowest BCUT2D eigenvalue weighted by atomic mass is 10.1. The Morgan fingerprint density at radius 1 is 0.864 bits per heavy atom. The van der Waals surface area contributed by atoms with Crippen molar-refractivity contribution < 1.29 is 13.7 Å². The molecule has 0 amide bonds. The highest BCUT2D eigenvalue weighted by molar-refractivity contribution is 7.75. The number of benzene rings is 2. The van der Waals surface area contributed by atoms with E-state index in [2.05, 4.69) is 37.2 Å². The Balaban J connectivity index is 1.83. The molecule has 116 valence electrons. The summed E-state index contributed by atoms with van der Waals surface area (Å²) in [6.07, 6.45) is 3.13. The molecule has 0 atom stereocenters. The lowest BCUT2D eigenvalue weighted by Crippen LogP contribution is -1.97. The number of hydrogen-bond donors (Lipinski definition) is 1. The van der Waals surface area contributed by atoms with Crippen LogP contribution in [0, 0.1) is 0 Å². The molecule has 3 nitrogen and oxygen atoms in total. The van der Waals surface area contributed by atoms with Crippen LogP contribution < -0.4 is 4.74 Å². The number of thiol groups is 1. The second-order valence-electron chi connectivity index (χ2n) is 5.04. The largest absolute Gasteiger partial charge is 0.489 e. The third kappa shape index (κ3) is 5.54. The van der Waals surface area contributed by atoms with Crippen molar-refractivity contribution in [3.8, 4) is 5.75 Å². The van der Waals surface area contributed by atoms with Crippen molar-refractivity contribution in [3.63, 3.8) is 0 Å². The molecule has 0 radical (unpaired) electrons. The standard InChI is InChI=1S/C18H20O3S/c19-12-1-2-15-7-9-18(10-8-15)20-14-17-5-3-16(4-6-17)11-13-21-22/h3-10,12,22H,1-2,11,13-14H2. The van der Waals surface area contributed by atoms with Crippen LogP contribution in [0.15, 0.2) is 48.5 Å². The molecule has 0 spiro atoms. The van der Waals surface area contributed by atoms with Gasteiger partial charge in [-0.05, 0) is 54.6 Å². The number of ether oxygens (including phenoxy) is 1. The van der Waals surface area contributed by atoms with E-state index in [0.717, 1.165) is 36.0 Å². The zero-order valence-electron chi connectivity index (χ0n) is 12.4. The van der Waals surface area contributed by atoms with Crippen molar-refractivity contribution in [3.05, 3.63) is 65.2 Å². The molecule has 0 aliphatic rings. The van der Waals surface area contributed by atoms with Crippen molar-refractivity contribution in [2.24, 2.45) is 0 Å². The van der Waals surface area contributed by atoms with Crippen LogP contribution in [0.4, 0.5) is 0 Å². The highest BCUT2D eigenvalue weighted by atomic mass is 32.1. The van der Waals surface area contributed by atoms with E-state index in [1.54, 1.807) is 0 Å². The Kier molecular flexibility index (Phi) is 7.00. The van der Waals surface area contributed by atoms with Gasteiger partial charge in [-0.3, -0.25) is 0 Å². The Bertz CT molecular complexity index is 564. The number of carbonyl (C=O) groups excluding carboxylic acids is 1. The molecular formula is C18H20O3S. The van der Waals surface area contributed by atoms with Gasteiger partial charge in [0.05, 0.1) is 6.61 Å². The topological polar surface area (TPSA) is 35.5 Å². The Hall–Kier alpha value is -1.78. The highest BCUT2D eigenvalue weighted by Gasteiger charge is 1.99. The zero-order chi connectivity index (χ0) is 15.6. The second-order valence-corrected chi connectivity index (χ2v) is 5.30. The molecule has 2 aromatic rings. The molecule has 0 unspecified atom stereocenters. The fourth-order valence-corrected chi connectivity index (χ4v) is 2.20. The minimum Gasteiger partial charge on any atom is -0.489 e. The van der Waals surface area contributed by atoms with Crippen molar-refractivity contribution in [2.45, 2.75) is 25.9 Å². The summed E-state index contributed by atoms with van der Waals surface area (Å²) in [5, 5.41) is 0.